The quantitative estimate of drug-likeness (QED) is 0.791. The van der Waals surface area contributed by atoms with Crippen molar-refractivity contribution >= 4 is 22.3 Å². The summed E-state index contributed by atoms with van der Waals surface area (Å²) in [5.41, 5.74) is 6.71. The van der Waals surface area contributed by atoms with Crippen molar-refractivity contribution in [1.82, 2.24) is 4.98 Å². The van der Waals surface area contributed by atoms with Crippen molar-refractivity contribution in [3.8, 4) is 0 Å². The molecule has 0 atom stereocenters. The molecular formula is C13H15N3. The lowest BCUT2D eigenvalue weighted by Crippen LogP contribution is -2.19. The molecule has 0 spiro atoms. The van der Waals surface area contributed by atoms with Crippen LogP contribution in [0.15, 0.2) is 30.5 Å². The highest BCUT2D eigenvalue weighted by Crippen LogP contribution is 2.30. The molecule has 2 heterocycles. The van der Waals surface area contributed by atoms with E-state index >= 15 is 0 Å². The maximum atomic E-state index is 5.94. The average Bonchev–Trinajstić information content (AvgIpc) is 2.83. The Labute approximate surface area is 94.9 Å². The van der Waals surface area contributed by atoms with Crippen LogP contribution in [0.2, 0.25) is 0 Å². The van der Waals surface area contributed by atoms with Crippen LogP contribution in [0.1, 0.15) is 12.8 Å². The van der Waals surface area contributed by atoms with Crippen molar-refractivity contribution in [3.05, 3.63) is 30.5 Å². The Morgan fingerprint density at radius 3 is 2.50 bits per heavy atom. The second kappa shape index (κ2) is 3.67. The molecule has 0 aliphatic carbocycles. The average molecular weight is 213 g/mol. The minimum Gasteiger partial charge on any atom is -0.397 e. The van der Waals surface area contributed by atoms with E-state index in [0.717, 1.165) is 30.0 Å². The third-order valence-electron chi connectivity index (χ3n) is 3.21. The molecule has 0 unspecified atom stereocenters. The van der Waals surface area contributed by atoms with E-state index in [1.165, 1.54) is 18.2 Å². The van der Waals surface area contributed by atoms with Crippen LogP contribution >= 0.6 is 0 Å². The smallest absolute Gasteiger partial charge is 0.136 e. The summed E-state index contributed by atoms with van der Waals surface area (Å²) in [7, 11) is 0. The van der Waals surface area contributed by atoms with Crippen LogP contribution in [0.3, 0.4) is 0 Å². The van der Waals surface area contributed by atoms with E-state index in [0.29, 0.717) is 0 Å². The van der Waals surface area contributed by atoms with E-state index in [1.54, 1.807) is 6.20 Å². The first kappa shape index (κ1) is 9.46. The monoisotopic (exact) mass is 213 g/mol. The summed E-state index contributed by atoms with van der Waals surface area (Å²) >= 11 is 0. The SMILES string of the molecule is Nc1cnc(N2CCCC2)c2ccccc12. The number of aromatic nitrogens is 1. The molecular weight excluding hydrogens is 198 g/mol. The van der Waals surface area contributed by atoms with Crippen molar-refractivity contribution in [2.75, 3.05) is 23.7 Å². The Morgan fingerprint density at radius 1 is 1.06 bits per heavy atom. The van der Waals surface area contributed by atoms with E-state index in [2.05, 4.69) is 22.0 Å². The predicted octanol–water partition coefficient (Wildman–Crippen LogP) is 2.42. The molecule has 0 amide bonds. The van der Waals surface area contributed by atoms with E-state index in [4.69, 9.17) is 5.73 Å². The fraction of sp³-hybridized carbons (Fsp3) is 0.308. The first-order chi connectivity index (χ1) is 7.86. The lowest BCUT2D eigenvalue weighted by atomic mass is 10.1. The Kier molecular flexibility index (Phi) is 2.17. The van der Waals surface area contributed by atoms with Gasteiger partial charge in [-0.05, 0) is 12.8 Å². The zero-order chi connectivity index (χ0) is 11.0. The molecule has 16 heavy (non-hydrogen) atoms. The van der Waals surface area contributed by atoms with Crippen molar-refractivity contribution in [1.29, 1.82) is 0 Å². The van der Waals surface area contributed by atoms with Crippen LogP contribution < -0.4 is 10.6 Å². The lowest BCUT2D eigenvalue weighted by molar-refractivity contribution is 0.946. The van der Waals surface area contributed by atoms with E-state index < -0.39 is 0 Å². The third-order valence-corrected chi connectivity index (χ3v) is 3.21. The molecule has 0 saturated carbocycles. The molecule has 3 heteroatoms. The molecule has 2 N–H and O–H groups in total. The molecule has 1 aromatic heterocycles. The number of fused-ring (bicyclic) bond motifs is 1. The fourth-order valence-electron chi connectivity index (χ4n) is 2.38. The normalized spacial score (nSPS) is 15.9. The standard InChI is InChI=1S/C13H15N3/c14-12-9-15-13(16-7-3-4-8-16)11-6-2-1-5-10(11)12/h1-2,5-6,9H,3-4,7-8,14H2. The molecule has 1 fully saturated rings. The van der Waals surface area contributed by atoms with Crippen LogP contribution in [-0.2, 0) is 0 Å². The largest absolute Gasteiger partial charge is 0.397 e. The van der Waals surface area contributed by atoms with Crippen LogP contribution in [-0.4, -0.2) is 18.1 Å². The molecule has 0 radical (unpaired) electrons. The number of hydrogen-bond acceptors (Lipinski definition) is 3. The summed E-state index contributed by atoms with van der Waals surface area (Å²) in [4.78, 5) is 6.84. The number of rotatable bonds is 1. The number of anilines is 2. The van der Waals surface area contributed by atoms with Gasteiger partial charge in [-0.25, -0.2) is 4.98 Å². The molecule has 3 nitrogen and oxygen atoms in total. The summed E-state index contributed by atoms with van der Waals surface area (Å²) in [6.45, 7) is 2.22. The number of nitrogen functional groups attached to an aromatic ring is 1. The van der Waals surface area contributed by atoms with Gasteiger partial charge in [0.05, 0.1) is 11.9 Å². The number of nitrogens with zero attached hydrogens (tertiary/aromatic N) is 2. The maximum Gasteiger partial charge on any atom is 0.136 e. The summed E-state index contributed by atoms with van der Waals surface area (Å²) < 4.78 is 0. The van der Waals surface area contributed by atoms with E-state index in [-0.39, 0.29) is 0 Å². The van der Waals surface area contributed by atoms with Gasteiger partial charge in [-0.3, -0.25) is 0 Å². The highest BCUT2D eigenvalue weighted by Gasteiger charge is 2.16. The first-order valence-corrected chi connectivity index (χ1v) is 5.74. The van der Waals surface area contributed by atoms with Gasteiger partial charge < -0.3 is 10.6 Å². The highest BCUT2D eigenvalue weighted by atomic mass is 15.2. The van der Waals surface area contributed by atoms with Gasteiger partial charge in [0.2, 0.25) is 0 Å². The molecule has 3 rings (SSSR count). The number of nitrogens with two attached hydrogens (primary N) is 1. The van der Waals surface area contributed by atoms with Crippen LogP contribution in [0.5, 0.6) is 0 Å². The van der Waals surface area contributed by atoms with Gasteiger partial charge in [-0.2, -0.15) is 0 Å². The van der Waals surface area contributed by atoms with Gasteiger partial charge in [0.25, 0.3) is 0 Å². The van der Waals surface area contributed by atoms with Crippen molar-refractivity contribution < 1.29 is 0 Å². The molecule has 2 aromatic rings. The second-order valence-corrected chi connectivity index (χ2v) is 4.28. The summed E-state index contributed by atoms with van der Waals surface area (Å²) in [6.07, 6.45) is 4.30. The van der Waals surface area contributed by atoms with Gasteiger partial charge in [-0.1, -0.05) is 24.3 Å². The molecule has 82 valence electrons. The van der Waals surface area contributed by atoms with Crippen molar-refractivity contribution in [2.45, 2.75) is 12.8 Å². The molecule has 0 bridgehead atoms. The van der Waals surface area contributed by atoms with E-state index in [1.807, 2.05) is 12.1 Å². The fourth-order valence-corrected chi connectivity index (χ4v) is 2.38. The Bertz CT molecular complexity index is 516. The zero-order valence-corrected chi connectivity index (χ0v) is 9.19. The van der Waals surface area contributed by atoms with Crippen LogP contribution in [0.4, 0.5) is 11.5 Å². The molecule has 1 aliphatic heterocycles. The minimum atomic E-state index is 0.763. The minimum absolute atomic E-state index is 0.763. The summed E-state index contributed by atoms with van der Waals surface area (Å²) in [6, 6.07) is 8.23. The summed E-state index contributed by atoms with van der Waals surface area (Å²) in [5.74, 6) is 1.09. The van der Waals surface area contributed by atoms with Gasteiger partial charge in [-0.15, -0.1) is 0 Å². The zero-order valence-electron chi connectivity index (χ0n) is 9.19. The van der Waals surface area contributed by atoms with Crippen molar-refractivity contribution in [2.24, 2.45) is 0 Å². The van der Waals surface area contributed by atoms with Crippen LogP contribution in [0, 0.1) is 0 Å². The van der Waals surface area contributed by atoms with Gasteiger partial charge >= 0.3 is 0 Å². The van der Waals surface area contributed by atoms with E-state index in [9.17, 15) is 0 Å². The Morgan fingerprint density at radius 2 is 1.75 bits per heavy atom. The third kappa shape index (κ3) is 1.40. The Balaban J connectivity index is 2.21. The number of benzene rings is 1. The molecule has 1 aromatic carbocycles. The maximum absolute atomic E-state index is 5.94. The van der Waals surface area contributed by atoms with Crippen molar-refractivity contribution in [3.63, 3.8) is 0 Å². The highest BCUT2D eigenvalue weighted by molar-refractivity contribution is 5.99. The predicted molar refractivity (Wildman–Crippen MR) is 67.6 cm³/mol. The number of hydrogen-bond donors (Lipinski definition) is 1. The topological polar surface area (TPSA) is 42.1 Å². The van der Waals surface area contributed by atoms with Gasteiger partial charge in [0, 0.05) is 23.9 Å². The first-order valence-electron chi connectivity index (χ1n) is 5.74. The van der Waals surface area contributed by atoms with Gasteiger partial charge in [0.1, 0.15) is 5.82 Å². The number of pyridine rings is 1. The second-order valence-electron chi connectivity index (χ2n) is 4.28. The van der Waals surface area contributed by atoms with Gasteiger partial charge in [0.15, 0.2) is 0 Å². The molecule has 1 aliphatic rings. The Hall–Kier alpha value is -1.77. The summed E-state index contributed by atoms with van der Waals surface area (Å²) in [5, 5.41) is 2.28. The molecule has 1 saturated heterocycles. The van der Waals surface area contributed by atoms with Crippen LogP contribution in [0.25, 0.3) is 10.8 Å². The lowest BCUT2D eigenvalue weighted by Gasteiger charge is -2.18.